The fourth-order valence-corrected chi connectivity index (χ4v) is 4.81. The van der Waals surface area contributed by atoms with Gasteiger partial charge in [0.25, 0.3) is 0 Å². The molecule has 1 fully saturated rings. The van der Waals surface area contributed by atoms with Crippen molar-refractivity contribution in [1.82, 2.24) is 9.62 Å². The van der Waals surface area contributed by atoms with Crippen molar-refractivity contribution < 1.29 is 17.9 Å². The van der Waals surface area contributed by atoms with Gasteiger partial charge in [-0.15, -0.1) is 0 Å². The monoisotopic (exact) mass is 397 g/mol. The molecule has 0 bridgehead atoms. The first-order valence-electron chi connectivity index (χ1n) is 9.39. The molecule has 1 heterocycles. The summed E-state index contributed by atoms with van der Waals surface area (Å²) >= 11 is 0. The van der Waals surface area contributed by atoms with Crippen molar-refractivity contribution >= 4 is 21.6 Å². The van der Waals surface area contributed by atoms with E-state index in [0.29, 0.717) is 29.8 Å². The molecule has 0 radical (unpaired) electrons. The average Bonchev–Trinajstić information content (AvgIpc) is 2.57. The lowest BCUT2D eigenvalue weighted by Gasteiger charge is -2.34. The lowest BCUT2D eigenvalue weighted by molar-refractivity contribution is -0.114. The molecule has 0 aromatic heterocycles. The first-order valence-corrected chi connectivity index (χ1v) is 10.9. The summed E-state index contributed by atoms with van der Waals surface area (Å²) < 4.78 is 32.9. The number of methoxy groups -OCH3 is 1. The molecule has 0 saturated carbocycles. The predicted octanol–water partition coefficient (Wildman–Crippen LogP) is 2.30. The zero-order valence-electron chi connectivity index (χ0n) is 16.6. The van der Waals surface area contributed by atoms with Gasteiger partial charge < -0.3 is 15.0 Å². The van der Waals surface area contributed by atoms with Gasteiger partial charge in [0.05, 0.1) is 17.7 Å². The molecule has 8 heteroatoms. The number of nitrogens with zero attached hydrogens (tertiary/aromatic N) is 1. The summed E-state index contributed by atoms with van der Waals surface area (Å²) in [6.45, 7) is 9.32. The Hall–Kier alpha value is -1.64. The standard InChI is InChI=1S/C19H31N3O4S/c1-14-10-15(2)13-22(12-14)9-5-8-20-27(24,25)17-6-7-19(26-4)18(11-17)21-16(3)23/h6-7,11,14-15,20H,5,8-10,12-13H2,1-4H3,(H,21,23). The molecule has 1 aromatic rings. The third-order valence-corrected chi connectivity index (χ3v) is 6.14. The smallest absolute Gasteiger partial charge is 0.240 e. The van der Waals surface area contributed by atoms with Crippen LogP contribution in [0.15, 0.2) is 23.1 Å². The highest BCUT2D eigenvalue weighted by atomic mass is 32.2. The van der Waals surface area contributed by atoms with Crippen LogP contribution in [0.3, 0.4) is 0 Å². The zero-order chi connectivity index (χ0) is 20.0. The topological polar surface area (TPSA) is 87.7 Å². The van der Waals surface area contributed by atoms with Gasteiger partial charge in [0.1, 0.15) is 5.75 Å². The van der Waals surface area contributed by atoms with Crippen LogP contribution in [-0.4, -0.2) is 52.5 Å². The molecule has 152 valence electrons. The Kier molecular flexibility index (Phi) is 7.64. The fourth-order valence-electron chi connectivity index (χ4n) is 3.71. The molecule has 1 aliphatic heterocycles. The summed E-state index contributed by atoms with van der Waals surface area (Å²) in [5, 5.41) is 2.59. The van der Waals surface area contributed by atoms with Crippen molar-refractivity contribution in [2.75, 3.05) is 38.6 Å². The van der Waals surface area contributed by atoms with Crippen LogP contribution in [0.2, 0.25) is 0 Å². The molecule has 2 atom stereocenters. The van der Waals surface area contributed by atoms with E-state index < -0.39 is 10.0 Å². The fraction of sp³-hybridized carbons (Fsp3) is 0.632. The van der Waals surface area contributed by atoms with Gasteiger partial charge in [-0.3, -0.25) is 4.79 Å². The Morgan fingerprint density at radius 2 is 1.93 bits per heavy atom. The molecular weight excluding hydrogens is 366 g/mol. The van der Waals surface area contributed by atoms with Gasteiger partial charge in [-0.25, -0.2) is 13.1 Å². The highest BCUT2D eigenvalue weighted by molar-refractivity contribution is 7.89. The molecule has 1 aliphatic rings. The van der Waals surface area contributed by atoms with Gasteiger partial charge in [0, 0.05) is 26.6 Å². The van der Waals surface area contributed by atoms with Gasteiger partial charge in [-0.2, -0.15) is 0 Å². The van der Waals surface area contributed by atoms with E-state index >= 15 is 0 Å². The summed E-state index contributed by atoms with van der Waals surface area (Å²) in [5.74, 6) is 1.51. The number of anilines is 1. The van der Waals surface area contributed by atoms with Crippen molar-refractivity contribution in [2.45, 2.75) is 38.5 Å². The number of sulfonamides is 1. The van der Waals surface area contributed by atoms with Crippen LogP contribution in [0, 0.1) is 11.8 Å². The lowest BCUT2D eigenvalue weighted by atomic mass is 9.92. The number of hydrogen-bond acceptors (Lipinski definition) is 5. The van der Waals surface area contributed by atoms with Crippen LogP contribution in [-0.2, 0) is 14.8 Å². The Balaban J connectivity index is 1.93. The molecule has 2 unspecified atom stereocenters. The molecule has 2 N–H and O–H groups in total. The quantitative estimate of drug-likeness (QED) is 0.657. The Morgan fingerprint density at radius 1 is 1.26 bits per heavy atom. The number of carbonyl (C=O) groups excluding carboxylic acids is 1. The van der Waals surface area contributed by atoms with Crippen LogP contribution in [0.4, 0.5) is 5.69 Å². The maximum atomic E-state index is 12.5. The third-order valence-electron chi connectivity index (χ3n) is 4.68. The minimum atomic E-state index is -3.64. The molecule has 7 nitrogen and oxygen atoms in total. The number of nitrogens with one attached hydrogen (secondary N) is 2. The molecule has 0 aliphatic carbocycles. The lowest BCUT2D eigenvalue weighted by Crippen LogP contribution is -2.40. The Bertz CT molecular complexity index is 741. The SMILES string of the molecule is COc1ccc(S(=O)(=O)NCCCN2CC(C)CC(C)C2)cc1NC(C)=O. The van der Waals surface area contributed by atoms with Crippen LogP contribution < -0.4 is 14.8 Å². The van der Waals surface area contributed by atoms with Crippen molar-refractivity contribution in [1.29, 1.82) is 0 Å². The number of rotatable bonds is 8. The molecule has 1 saturated heterocycles. The second-order valence-corrected chi connectivity index (χ2v) is 9.27. The van der Waals surface area contributed by atoms with Crippen LogP contribution in [0.1, 0.15) is 33.6 Å². The maximum Gasteiger partial charge on any atom is 0.240 e. The maximum absolute atomic E-state index is 12.5. The molecule has 2 rings (SSSR count). The largest absolute Gasteiger partial charge is 0.495 e. The minimum Gasteiger partial charge on any atom is -0.495 e. The van der Waals surface area contributed by atoms with Crippen LogP contribution in [0.5, 0.6) is 5.75 Å². The number of carbonyl (C=O) groups is 1. The number of likely N-dealkylation sites (tertiary alicyclic amines) is 1. The van der Waals surface area contributed by atoms with E-state index in [4.69, 9.17) is 4.74 Å². The van der Waals surface area contributed by atoms with E-state index in [-0.39, 0.29) is 10.8 Å². The number of amides is 1. The van der Waals surface area contributed by atoms with E-state index in [9.17, 15) is 13.2 Å². The van der Waals surface area contributed by atoms with E-state index in [1.54, 1.807) is 0 Å². The Labute approximate surface area is 162 Å². The van der Waals surface area contributed by atoms with E-state index in [2.05, 4.69) is 28.8 Å². The first kappa shape index (κ1) is 21.7. The number of ether oxygens (including phenoxy) is 1. The minimum absolute atomic E-state index is 0.104. The highest BCUT2D eigenvalue weighted by Crippen LogP contribution is 2.27. The summed E-state index contributed by atoms with van der Waals surface area (Å²) in [5.41, 5.74) is 0.337. The summed E-state index contributed by atoms with van der Waals surface area (Å²) in [4.78, 5) is 13.8. The van der Waals surface area contributed by atoms with Gasteiger partial charge >= 0.3 is 0 Å². The van der Waals surface area contributed by atoms with Crippen molar-refractivity contribution in [3.8, 4) is 5.75 Å². The van der Waals surface area contributed by atoms with Gasteiger partial charge in [0.2, 0.25) is 15.9 Å². The highest BCUT2D eigenvalue weighted by Gasteiger charge is 2.21. The second-order valence-electron chi connectivity index (χ2n) is 7.50. The second kappa shape index (κ2) is 9.52. The van der Waals surface area contributed by atoms with Gasteiger partial charge in [-0.1, -0.05) is 13.8 Å². The van der Waals surface area contributed by atoms with Crippen molar-refractivity contribution in [3.63, 3.8) is 0 Å². The number of benzene rings is 1. The molecular formula is C19H31N3O4S. The van der Waals surface area contributed by atoms with Crippen molar-refractivity contribution in [2.24, 2.45) is 11.8 Å². The van der Waals surface area contributed by atoms with Gasteiger partial charge in [-0.05, 0) is 49.4 Å². The molecule has 1 amide bonds. The third kappa shape index (κ3) is 6.48. The zero-order valence-corrected chi connectivity index (χ0v) is 17.4. The predicted molar refractivity (Wildman–Crippen MR) is 106 cm³/mol. The van der Waals surface area contributed by atoms with E-state index in [0.717, 1.165) is 26.1 Å². The Morgan fingerprint density at radius 3 is 2.52 bits per heavy atom. The first-order chi connectivity index (χ1) is 12.7. The molecule has 1 aromatic carbocycles. The molecule has 27 heavy (non-hydrogen) atoms. The normalized spacial score (nSPS) is 21.0. The summed E-state index contributed by atoms with van der Waals surface area (Å²) in [6.07, 6.45) is 2.02. The number of hydrogen-bond donors (Lipinski definition) is 2. The number of piperidine rings is 1. The van der Waals surface area contributed by atoms with Crippen LogP contribution in [0.25, 0.3) is 0 Å². The summed E-state index contributed by atoms with van der Waals surface area (Å²) in [6, 6.07) is 4.42. The summed E-state index contributed by atoms with van der Waals surface area (Å²) in [7, 11) is -2.18. The average molecular weight is 398 g/mol. The van der Waals surface area contributed by atoms with E-state index in [1.165, 1.54) is 38.7 Å². The van der Waals surface area contributed by atoms with E-state index in [1.807, 2.05) is 0 Å². The van der Waals surface area contributed by atoms with Crippen LogP contribution >= 0.6 is 0 Å². The van der Waals surface area contributed by atoms with Crippen molar-refractivity contribution in [3.05, 3.63) is 18.2 Å². The van der Waals surface area contributed by atoms with Gasteiger partial charge in [0.15, 0.2) is 0 Å². The molecule has 0 spiro atoms.